The molecule has 1 atom stereocenters. The first kappa shape index (κ1) is 25.4. The van der Waals surface area contributed by atoms with Crippen molar-refractivity contribution in [3.63, 3.8) is 0 Å². The van der Waals surface area contributed by atoms with Crippen molar-refractivity contribution in [2.75, 3.05) is 19.0 Å². The van der Waals surface area contributed by atoms with Crippen LogP contribution in [0.15, 0.2) is 47.2 Å². The fourth-order valence-electron chi connectivity index (χ4n) is 4.85. The van der Waals surface area contributed by atoms with Gasteiger partial charge in [-0.2, -0.15) is 0 Å². The summed E-state index contributed by atoms with van der Waals surface area (Å²) in [4.78, 5) is 6.69. The molecule has 8 nitrogen and oxygen atoms in total. The zero-order chi connectivity index (χ0) is 26.1. The van der Waals surface area contributed by atoms with Crippen LogP contribution in [-0.2, 0) is 31.0 Å². The molecule has 0 saturated carbocycles. The largest absolute Gasteiger partial charge is 0.392 e. The summed E-state index contributed by atoms with van der Waals surface area (Å²) in [6.07, 6.45) is 3.73. The molecule has 0 unspecified atom stereocenters. The zero-order valence-corrected chi connectivity index (χ0v) is 21.7. The molecular weight excluding hydrogens is 497 g/mol. The van der Waals surface area contributed by atoms with Gasteiger partial charge in [0, 0.05) is 56.0 Å². The van der Waals surface area contributed by atoms with E-state index in [2.05, 4.69) is 37.2 Å². The van der Waals surface area contributed by atoms with Crippen molar-refractivity contribution < 1.29 is 18.8 Å². The van der Waals surface area contributed by atoms with Gasteiger partial charge in [0.05, 0.1) is 24.3 Å². The number of pyridine rings is 1. The Balaban J connectivity index is 1.43. The second-order valence-corrected chi connectivity index (χ2v) is 9.74. The molecule has 0 aliphatic carbocycles. The van der Waals surface area contributed by atoms with Crippen molar-refractivity contribution in [2.24, 2.45) is 0 Å². The summed E-state index contributed by atoms with van der Waals surface area (Å²) in [6, 6.07) is 8.63. The van der Waals surface area contributed by atoms with Gasteiger partial charge in [-0.1, -0.05) is 22.8 Å². The molecule has 0 amide bonds. The van der Waals surface area contributed by atoms with Gasteiger partial charge in [-0.25, -0.2) is 9.37 Å². The van der Waals surface area contributed by atoms with Gasteiger partial charge in [0.2, 0.25) is 0 Å². The first-order valence-electron chi connectivity index (χ1n) is 12.0. The lowest BCUT2D eigenvalue weighted by molar-refractivity contribution is 0.0536. The predicted octanol–water partition coefficient (Wildman–Crippen LogP) is 5.21. The molecule has 1 aromatic carbocycles. The van der Waals surface area contributed by atoms with Crippen LogP contribution >= 0.6 is 11.6 Å². The van der Waals surface area contributed by atoms with Crippen molar-refractivity contribution in [3.05, 3.63) is 81.8 Å². The van der Waals surface area contributed by atoms with E-state index in [1.54, 1.807) is 19.4 Å². The minimum atomic E-state index is -0.313. The van der Waals surface area contributed by atoms with Crippen LogP contribution in [0.3, 0.4) is 0 Å². The number of fused-ring (bicyclic) bond motifs is 1. The third-order valence-electron chi connectivity index (χ3n) is 6.80. The van der Waals surface area contributed by atoms with Crippen molar-refractivity contribution in [1.82, 2.24) is 19.6 Å². The summed E-state index contributed by atoms with van der Waals surface area (Å²) < 4.78 is 27.0. The molecule has 0 fully saturated rings. The summed E-state index contributed by atoms with van der Waals surface area (Å²) in [7, 11) is 1.68. The lowest BCUT2D eigenvalue weighted by Gasteiger charge is -2.36. The smallest absolute Gasteiger partial charge is 0.157 e. The van der Waals surface area contributed by atoms with Crippen molar-refractivity contribution in [2.45, 2.75) is 46.1 Å². The number of ether oxygens (including phenoxy) is 1. The van der Waals surface area contributed by atoms with Gasteiger partial charge in [0.25, 0.3) is 0 Å². The van der Waals surface area contributed by atoms with E-state index in [0.29, 0.717) is 42.8 Å². The second kappa shape index (κ2) is 10.6. The number of halogens is 2. The Morgan fingerprint density at radius 1 is 1.24 bits per heavy atom. The van der Waals surface area contributed by atoms with Crippen LogP contribution < -0.4 is 5.32 Å². The van der Waals surface area contributed by atoms with Crippen LogP contribution in [0.1, 0.15) is 28.3 Å². The summed E-state index contributed by atoms with van der Waals surface area (Å²) in [5.41, 5.74) is 5.98. The van der Waals surface area contributed by atoms with Crippen LogP contribution in [0, 0.1) is 19.7 Å². The predicted molar refractivity (Wildman–Crippen MR) is 139 cm³/mol. The van der Waals surface area contributed by atoms with E-state index in [1.807, 2.05) is 19.9 Å². The highest BCUT2D eigenvalue weighted by Crippen LogP contribution is 2.34. The fraction of sp³-hybridized carbons (Fsp3) is 0.333. The number of aliphatic hydroxyl groups excluding tert-OH is 1. The quantitative estimate of drug-likeness (QED) is 0.326. The molecule has 1 aliphatic heterocycles. The molecular formula is C27H29ClFN5O3. The maximum Gasteiger partial charge on any atom is 0.157 e. The highest BCUT2D eigenvalue weighted by molar-refractivity contribution is 6.33. The Hall–Kier alpha value is -3.24. The Bertz CT molecular complexity index is 1400. The Labute approximate surface area is 219 Å². The standard InChI is InChI=1S/C27H29ClFN5O3/c1-16-27(17(2)37-32-16)31-26-8-24(25(28)9-30-26)20-7-22-12-34(23(15-36-3)13-33(22)11-20)10-19-6-21(29)5-4-18(19)14-35/h4-9,11,23,35H,10,12-15H2,1-3H3,(H,30,31)/t23-/m1/s1. The van der Waals surface area contributed by atoms with Gasteiger partial charge in [-0.3, -0.25) is 4.90 Å². The number of aryl methyl sites for hydroxylation is 2. The third kappa shape index (κ3) is 5.26. The second-order valence-electron chi connectivity index (χ2n) is 9.33. The molecule has 1 aliphatic rings. The van der Waals surface area contributed by atoms with Crippen LogP contribution in [0.4, 0.5) is 15.9 Å². The highest BCUT2D eigenvalue weighted by Gasteiger charge is 2.28. The number of hydrogen-bond acceptors (Lipinski definition) is 7. The van der Waals surface area contributed by atoms with Gasteiger partial charge >= 0.3 is 0 Å². The Morgan fingerprint density at radius 3 is 2.81 bits per heavy atom. The topological polar surface area (TPSA) is 88.6 Å². The van der Waals surface area contributed by atoms with Crippen molar-refractivity contribution >= 4 is 23.1 Å². The van der Waals surface area contributed by atoms with Gasteiger partial charge in [-0.15, -0.1) is 0 Å². The number of rotatable bonds is 8. The molecule has 37 heavy (non-hydrogen) atoms. The third-order valence-corrected chi connectivity index (χ3v) is 7.10. The number of aromatic nitrogens is 3. The minimum absolute atomic E-state index is 0.0808. The number of benzene rings is 1. The van der Waals surface area contributed by atoms with E-state index < -0.39 is 0 Å². The zero-order valence-electron chi connectivity index (χ0n) is 21.0. The number of methoxy groups -OCH3 is 1. The molecule has 4 aromatic rings. The molecule has 10 heteroatoms. The van der Waals surface area contributed by atoms with Gasteiger partial charge in [-0.05, 0) is 49.2 Å². The molecule has 0 bridgehead atoms. The maximum atomic E-state index is 14.0. The fourth-order valence-corrected chi connectivity index (χ4v) is 5.06. The van der Waals surface area contributed by atoms with E-state index in [1.165, 1.54) is 12.1 Å². The summed E-state index contributed by atoms with van der Waals surface area (Å²) in [5, 5.41) is 17.6. The van der Waals surface area contributed by atoms with E-state index in [-0.39, 0.29) is 18.5 Å². The van der Waals surface area contributed by atoms with Gasteiger partial charge in [0.15, 0.2) is 5.76 Å². The van der Waals surface area contributed by atoms with Crippen LogP contribution in [0.5, 0.6) is 0 Å². The Kier molecular flexibility index (Phi) is 7.30. The number of aliphatic hydroxyl groups is 1. The van der Waals surface area contributed by atoms with Crippen LogP contribution in [-0.4, -0.2) is 44.5 Å². The van der Waals surface area contributed by atoms with E-state index in [0.717, 1.165) is 39.3 Å². The molecule has 194 valence electrons. The highest BCUT2D eigenvalue weighted by atomic mass is 35.5. The first-order valence-corrected chi connectivity index (χ1v) is 12.4. The van der Waals surface area contributed by atoms with Crippen molar-refractivity contribution in [3.8, 4) is 11.1 Å². The van der Waals surface area contributed by atoms with Crippen LogP contribution in [0.2, 0.25) is 5.02 Å². The van der Waals surface area contributed by atoms with E-state index in [9.17, 15) is 9.50 Å². The number of nitrogens with zero attached hydrogens (tertiary/aromatic N) is 4. The number of nitrogens with one attached hydrogen (secondary N) is 1. The van der Waals surface area contributed by atoms with Gasteiger partial charge in [0.1, 0.15) is 23.0 Å². The van der Waals surface area contributed by atoms with E-state index in [4.69, 9.17) is 20.9 Å². The number of hydrogen-bond donors (Lipinski definition) is 2. The molecule has 2 N–H and O–H groups in total. The SMILES string of the molecule is COC[C@H]1Cn2cc(-c3cc(Nc4c(C)noc4C)ncc3Cl)cc2CN1Cc1cc(F)ccc1CO. The maximum absolute atomic E-state index is 14.0. The molecule has 3 aromatic heterocycles. The lowest BCUT2D eigenvalue weighted by atomic mass is 10.0. The Morgan fingerprint density at radius 2 is 2.08 bits per heavy atom. The summed E-state index contributed by atoms with van der Waals surface area (Å²) in [6.45, 7) is 5.96. The minimum Gasteiger partial charge on any atom is -0.392 e. The van der Waals surface area contributed by atoms with Crippen LogP contribution in [0.25, 0.3) is 11.1 Å². The number of anilines is 2. The summed E-state index contributed by atoms with van der Waals surface area (Å²) in [5.74, 6) is 1.01. The average molecular weight is 526 g/mol. The normalized spacial score (nSPS) is 15.7. The monoisotopic (exact) mass is 525 g/mol. The molecule has 4 heterocycles. The van der Waals surface area contributed by atoms with Crippen molar-refractivity contribution in [1.29, 1.82) is 0 Å². The molecule has 5 rings (SSSR count). The molecule has 0 radical (unpaired) electrons. The van der Waals surface area contributed by atoms with Gasteiger partial charge < -0.3 is 24.3 Å². The first-order chi connectivity index (χ1) is 17.9. The molecule has 0 saturated heterocycles. The van der Waals surface area contributed by atoms with E-state index >= 15 is 0 Å². The molecule has 0 spiro atoms. The lowest BCUT2D eigenvalue weighted by Crippen LogP contribution is -2.44. The average Bonchev–Trinajstić information content (AvgIpc) is 3.43. The summed E-state index contributed by atoms with van der Waals surface area (Å²) >= 11 is 6.58.